The molecule has 10 rings (SSSR count). The van der Waals surface area contributed by atoms with Crippen LogP contribution >= 0.6 is 0 Å². The molecule has 5 aliphatic rings. The SMILES string of the molecule is [2H]C1([2H])N(CC2CCN(Cc3ccc4nc5n(c4c3)C[C@H](C)CCCOc3c(cnn3C)-c3cc(cc(C)n3)C(=O)N5)CC2)C([2H])([2H])C([2H])([2H])N(c2cc3c(cc2F)C(=O)N(C2CCC(=O)NC2=O)C3=O)C1([2H])[2H]. The van der Waals surface area contributed by atoms with Gasteiger partial charge >= 0.3 is 0 Å². The number of imidazole rings is 1. The number of hydrogen-bond acceptors (Lipinski definition) is 12. The number of nitrogens with zero attached hydrogens (tertiary/aromatic N) is 9. The minimum Gasteiger partial charge on any atom is -0.477 e. The Morgan fingerprint density at radius 3 is 2.42 bits per heavy atom. The summed E-state index contributed by atoms with van der Waals surface area (Å²) in [5.41, 5.74) is 2.70. The van der Waals surface area contributed by atoms with Crippen molar-refractivity contribution in [3.63, 3.8) is 0 Å². The smallest absolute Gasteiger partial charge is 0.262 e. The van der Waals surface area contributed by atoms with Crippen LogP contribution in [0.25, 0.3) is 22.3 Å². The molecule has 0 saturated carbocycles. The Morgan fingerprint density at radius 1 is 0.879 bits per heavy atom. The summed E-state index contributed by atoms with van der Waals surface area (Å²) in [6, 6.07) is 9.18. The van der Waals surface area contributed by atoms with E-state index in [1.54, 1.807) is 30.1 Å². The highest BCUT2D eigenvalue weighted by Gasteiger charge is 2.45. The van der Waals surface area contributed by atoms with Crippen LogP contribution in [-0.4, -0.2) is 127 Å². The van der Waals surface area contributed by atoms with Gasteiger partial charge in [-0.1, -0.05) is 13.0 Å². The van der Waals surface area contributed by atoms with Crippen molar-refractivity contribution < 1.29 is 44.1 Å². The summed E-state index contributed by atoms with van der Waals surface area (Å²) in [5.74, 6) is -4.78. The average Bonchev–Trinajstić information content (AvgIpc) is 3.94. The average molecular weight is 908 g/mol. The number of anilines is 2. The molecule has 5 amide bonds. The molecular formula is C48H54FN11O6. The number of carbonyl (C=O) groups excluding carboxylic acids is 5. The molecule has 66 heavy (non-hydrogen) atoms. The van der Waals surface area contributed by atoms with E-state index in [2.05, 4.69) is 32.5 Å². The monoisotopic (exact) mass is 907 g/mol. The number of fused-ring (bicyclic) bond motifs is 8. The first-order chi connectivity index (χ1) is 34.9. The molecule has 3 fully saturated rings. The Labute approximate surface area is 392 Å². The largest absolute Gasteiger partial charge is 0.477 e. The van der Waals surface area contributed by atoms with E-state index in [9.17, 15) is 24.0 Å². The first kappa shape index (κ1) is 34.8. The highest BCUT2D eigenvalue weighted by molar-refractivity contribution is 6.23. The zero-order valence-electron chi connectivity index (χ0n) is 44.7. The number of aromatic nitrogens is 5. The summed E-state index contributed by atoms with van der Waals surface area (Å²) in [6.45, 7) is -7.51. The Bertz CT molecular complexity index is 3130. The molecule has 0 aliphatic carbocycles. The van der Waals surface area contributed by atoms with E-state index in [4.69, 9.17) is 20.7 Å². The fourth-order valence-corrected chi connectivity index (χ4v) is 9.42. The first-order valence-electron chi connectivity index (χ1n) is 26.2. The van der Waals surface area contributed by atoms with Crippen molar-refractivity contribution in [2.75, 3.05) is 62.4 Å². The number of halogens is 1. The number of hydrogen-bond donors (Lipinski definition) is 2. The van der Waals surface area contributed by atoms with E-state index >= 15 is 4.39 Å². The number of rotatable bonds is 6. The van der Waals surface area contributed by atoms with E-state index < -0.39 is 90.8 Å². The summed E-state index contributed by atoms with van der Waals surface area (Å²) in [4.78, 5) is 78.2. The van der Waals surface area contributed by atoms with Gasteiger partial charge in [0.15, 0.2) is 0 Å². The fraction of sp³-hybridized carbons (Fsp3) is 0.458. The van der Waals surface area contributed by atoms with Crippen molar-refractivity contribution in [2.45, 2.75) is 71.5 Å². The Kier molecular flexibility index (Phi) is 9.32. The minimum absolute atomic E-state index is 0.0190. The van der Waals surface area contributed by atoms with Crippen LogP contribution < -0.4 is 20.3 Å². The quantitative estimate of drug-likeness (QED) is 0.223. The van der Waals surface area contributed by atoms with E-state index in [1.165, 1.54) is 0 Å². The molecule has 17 nitrogen and oxygen atoms in total. The molecule has 5 aliphatic heterocycles. The molecule has 2 aromatic carbocycles. The highest BCUT2D eigenvalue weighted by atomic mass is 19.1. The van der Waals surface area contributed by atoms with Gasteiger partial charge < -0.3 is 14.2 Å². The van der Waals surface area contributed by atoms with Gasteiger partial charge in [-0.3, -0.25) is 54.3 Å². The molecule has 0 spiro atoms. The van der Waals surface area contributed by atoms with Crippen LogP contribution in [0.2, 0.25) is 0 Å². The summed E-state index contributed by atoms with van der Waals surface area (Å²) in [5, 5.41) is 9.49. The van der Waals surface area contributed by atoms with Gasteiger partial charge in [-0.15, -0.1) is 0 Å². The molecule has 18 heteroatoms. The summed E-state index contributed by atoms with van der Waals surface area (Å²) in [6.07, 6.45) is 3.72. The molecule has 1 unspecified atom stereocenters. The van der Waals surface area contributed by atoms with Gasteiger partial charge in [0.1, 0.15) is 11.9 Å². The highest BCUT2D eigenvalue weighted by Crippen LogP contribution is 2.35. The van der Waals surface area contributed by atoms with Gasteiger partial charge in [-0.2, -0.15) is 5.10 Å². The fourth-order valence-electron chi connectivity index (χ4n) is 9.42. The third kappa shape index (κ3) is 8.43. The zero-order valence-corrected chi connectivity index (χ0v) is 36.7. The Hall–Kier alpha value is -6.53. The maximum atomic E-state index is 16.2. The van der Waals surface area contributed by atoms with Crippen molar-refractivity contribution in [3.05, 3.63) is 82.4 Å². The normalized spacial score (nSPS) is 26.3. The summed E-state index contributed by atoms with van der Waals surface area (Å²) < 4.78 is 98.7. The van der Waals surface area contributed by atoms with Crippen molar-refractivity contribution in [1.82, 2.24) is 44.3 Å². The molecule has 3 saturated heterocycles. The molecular weight excluding hydrogens is 846 g/mol. The second-order valence-corrected chi connectivity index (χ2v) is 17.7. The van der Waals surface area contributed by atoms with Gasteiger partial charge in [0, 0.05) is 75.8 Å². The predicted molar refractivity (Wildman–Crippen MR) is 242 cm³/mol. The number of likely N-dealkylation sites (tertiary alicyclic amines) is 1. The third-order valence-electron chi connectivity index (χ3n) is 12.9. The van der Waals surface area contributed by atoms with E-state index in [1.807, 2.05) is 29.7 Å². The van der Waals surface area contributed by atoms with Crippen LogP contribution in [0, 0.1) is 24.6 Å². The molecule has 2 atom stereocenters. The number of nitrogens with one attached hydrogen (secondary N) is 2. The van der Waals surface area contributed by atoms with Crippen LogP contribution in [0.3, 0.4) is 0 Å². The predicted octanol–water partition coefficient (Wildman–Crippen LogP) is 4.78. The van der Waals surface area contributed by atoms with Crippen LogP contribution in [0.4, 0.5) is 16.0 Å². The number of pyridine rings is 1. The zero-order chi connectivity index (χ0) is 53.0. The first-order valence-corrected chi connectivity index (χ1v) is 22.2. The minimum atomic E-state index is -3.48. The van der Waals surface area contributed by atoms with Gasteiger partial charge in [-0.25, -0.2) is 14.1 Å². The van der Waals surface area contributed by atoms with Crippen molar-refractivity contribution in [2.24, 2.45) is 18.9 Å². The molecule has 8 heterocycles. The van der Waals surface area contributed by atoms with Crippen LogP contribution in [0.15, 0.2) is 48.7 Å². The number of aryl methyl sites for hydroxylation is 2. The van der Waals surface area contributed by atoms with Crippen molar-refractivity contribution >= 4 is 52.2 Å². The van der Waals surface area contributed by atoms with Crippen LogP contribution in [0.1, 0.15) is 98.7 Å². The van der Waals surface area contributed by atoms with Crippen LogP contribution in [-0.2, 0) is 29.7 Å². The number of amides is 5. The Morgan fingerprint density at radius 2 is 1.65 bits per heavy atom. The number of piperidine rings is 2. The van der Waals surface area contributed by atoms with Crippen molar-refractivity contribution in [3.8, 4) is 17.1 Å². The molecule has 3 aromatic heterocycles. The lowest BCUT2D eigenvalue weighted by Crippen LogP contribution is -2.54. The lowest BCUT2D eigenvalue weighted by molar-refractivity contribution is -0.136. The number of benzene rings is 2. The van der Waals surface area contributed by atoms with E-state index in [0.717, 1.165) is 23.9 Å². The lowest BCUT2D eigenvalue weighted by Gasteiger charge is -2.39. The third-order valence-corrected chi connectivity index (χ3v) is 12.9. The summed E-state index contributed by atoms with van der Waals surface area (Å²) in [7, 11) is 1.80. The number of ether oxygens (including phenoxy) is 1. The molecule has 344 valence electrons. The Balaban J connectivity index is 0.844. The van der Waals surface area contributed by atoms with Gasteiger partial charge in [-0.05, 0) is 106 Å². The summed E-state index contributed by atoms with van der Waals surface area (Å²) >= 11 is 0. The number of carbonyl (C=O) groups is 5. The standard InChI is InChI=1S/C48H54FN11O6/c1-28-5-4-18-66-47-35(24-50-55(47)3)38-21-32(19-29(2)51-38)43(62)54-48-52-37-7-6-31(20-41(37)59(48)25-28)27-56-12-10-30(11-13-56)26-57-14-16-58(17-15-57)40-23-34-33(22-36(40)49)45(64)60(46(34)65)39-8-9-42(61)53-44(39)63/h6-7,19-24,28,30,39H,4-5,8-18,25-27H2,1-3H3,(H,52,54,62)(H,53,61,63)/t28-,39?/m1/s1/i14D2,15D2,16D2,17D2. The van der Waals surface area contributed by atoms with E-state index in [0.29, 0.717) is 107 Å². The maximum Gasteiger partial charge on any atom is 0.262 e. The topological polar surface area (TPSA) is 180 Å². The van der Waals surface area contributed by atoms with Gasteiger partial charge in [0.2, 0.25) is 23.6 Å². The lowest BCUT2D eigenvalue weighted by atomic mass is 9.95. The molecule has 2 N–H and O–H groups in total. The molecule has 0 radical (unpaired) electrons. The molecule has 5 aromatic rings. The van der Waals surface area contributed by atoms with Crippen molar-refractivity contribution in [1.29, 1.82) is 0 Å². The van der Waals surface area contributed by atoms with E-state index in [-0.39, 0.29) is 29.6 Å². The number of imide groups is 2. The van der Waals surface area contributed by atoms with Gasteiger partial charge in [0.25, 0.3) is 17.7 Å². The second kappa shape index (κ2) is 17.7. The van der Waals surface area contributed by atoms with Gasteiger partial charge in [0.05, 0.1) is 57.4 Å². The maximum absolute atomic E-state index is 16.2. The van der Waals surface area contributed by atoms with Crippen LogP contribution in [0.5, 0.6) is 5.88 Å². The second-order valence-electron chi connectivity index (χ2n) is 17.7. The molecule has 2 bridgehead atoms. The number of piperazine rings is 1.